The SMILES string of the molecule is CCOC(=O)CN(C)C(=O)C1CCC(C)O1. The Bertz CT molecular complexity index is 267. The lowest BCUT2D eigenvalue weighted by Gasteiger charge is -2.19. The van der Waals surface area contributed by atoms with Gasteiger partial charge in [-0.15, -0.1) is 0 Å². The van der Waals surface area contributed by atoms with Crippen molar-refractivity contribution in [2.45, 2.75) is 38.9 Å². The highest BCUT2D eigenvalue weighted by Gasteiger charge is 2.30. The quantitative estimate of drug-likeness (QED) is 0.661. The Labute approximate surface area is 95.7 Å². The Morgan fingerprint density at radius 3 is 2.62 bits per heavy atom. The van der Waals surface area contributed by atoms with Crippen LogP contribution in [0.2, 0.25) is 0 Å². The third-order valence-corrected chi connectivity index (χ3v) is 2.56. The van der Waals surface area contributed by atoms with Crippen LogP contribution < -0.4 is 0 Å². The summed E-state index contributed by atoms with van der Waals surface area (Å²) < 4.78 is 10.2. The van der Waals surface area contributed by atoms with Crippen molar-refractivity contribution in [2.24, 2.45) is 0 Å². The largest absolute Gasteiger partial charge is 0.465 e. The highest BCUT2D eigenvalue weighted by Crippen LogP contribution is 2.20. The summed E-state index contributed by atoms with van der Waals surface area (Å²) in [6.45, 7) is 4.00. The lowest BCUT2D eigenvalue weighted by atomic mass is 10.2. The minimum Gasteiger partial charge on any atom is -0.465 e. The summed E-state index contributed by atoms with van der Waals surface area (Å²) in [6.07, 6.45) is 1.36. The molecule has 1 amide bonds. The molecule has 1 heterocycles. The molecule has 1 aliphatic heterocycles. The maximum Gasteiger partial charge on any atom is 0.325 e. The van der Waals surface area contributed by atoms with Crippen LogP contribution in [0.25, 0.3) is 0 Å². The number of ether oxygens (including phenoxy) is 2. The molecule has 0 N–H and O–H groups in total. The summed E-state index contributed by atoms with van der Waals surface area (Å²) in [5.74, 6) is -0.526. The maximum atomic E-state index is 11.8. The topological polar surface area (TPSA) is 55.8 Å². The molecule has 1 saturated heterocycles. The van der Waals surface area contributed by atoms with E-state index < -0.39 is 6.10 Å². The first-order chi connectivity index (χ1) is 7.54. The molecular weight excluding hydrogens is 210 g/mol. The molecule has 16 heavy (non-hydrogen) atoms. The van der Waals surface area contributed by atoms with Crippen LogP contribution in [0.3, 0.4) is 0 Å². The van der Waals surface area contributed by atoms with E-state index in [4.69, 9.17) is 9.47 Å². The van der Waals surface area contributed by atoms with Crippen molar-refractivity contribution in [3.05, 3.63) is 0 Å². The number of rotatable bonds is 4. The van der Waals surface area contributed by atoms with Crippen LogP contribution in [0.4, 0.5) is 0 Å². The molecular formula is C11H19NO4. The number of carbonyl (C=O) groups is 2. The summed E-state index contributed by atoms with van der Waals surface area (Å²) >= 11 is 0. The third-order valence-electron chi connectivity index (χ3n) is 2.56. The number of likely N-dealkylation sites (N-methyl/N-ethyl adjacent to an activating group) is 1. The summed E-state index contributed by atoms with van der Waals surface area (Å²) in [4.78, 5) is 24.4. The van der Waals surface area contributed by atoms with Gasteiger partial charge in [-0.1, -0.05) is 0 Å². The van der Waals surface area contributed by atoms with Crippen molar-refractivity contribution in [1.82, 2.24) is 4.90 Å². The second-order valence-electron chi connectivity index (χ2n) is 4.01. The fourth-order valence-corrected chi connectivity index (χ4v) is 1.71. The first-order valence-corrected chi connectivity index (χ1v) is 5.60. The Kier molecular flexibility index (Phi) is 4.73. The van der Waals surface area contributed by atoms with E-state index in [0.29, 0.717) is 6.61 Å². The molecule has 5 nitrogen and oxygen atoms in total. The van der Waals surface area contributed by atoms with Gasteiger partial charge >= 0.3 is 5.97 Å². The zero-order chi connectivity index (χ0) is 12.1. The molecule has 1 aliphatic rings. The molecule has 92 valence electrons. The van der Waals surface area contributed by atoms with Crippen LogP contribution in [-0.4, -0.2) is 49.2 Å². The lowest BCUT2D eigenvalue weighted by molar-refractivity contribution is -0.151. The average Bonchev–Trinajstić information content (AvgIpc) is 2.64. The Balaban J connectivity index is 2.38. The fourth-order valence-electron chi connectivity index (χ4n) is 1.71. The number of nitrogens with zero attached hydrogens (tertiary/aromatic N) is 1. The predicted molar refractivity (Wildman–Crippen MR) is 57.8 cm³/mol. The van der Waals surface area contributed by atoms with Gasteiger partial charge in [0, 0.05) is 7.05 Å². The minimum atomic E-state index is -0.394. The molecule has 5 heteroatoms. The number of hydrogen-bond donors (Lipinski definition) is 0. The molecule has 0 bridgehead atoms. The number of hydrogen-bond acceptors (Lipinski definition) is 4. The van der Waals surface area contributed by atoms with E-state index in [1.165, 1.54) is 4.90 Å². The second-order valence-corrected chi connectivity index (χ2v) is 4.01. The Morgan fingerprint density at radius 2 is 2.12 bits per heavy atom. The molecule has 0 radical (unpaired) electrons. The maximum absolute atomic E-state index is 11.8. The van der Waals surface area contributed by atoms with Crippen molar-refractivity contribution in [1.29, 1.82) is 0 Å². The van der Waals surface area contributed by atoms with Crippen molar-refractivity contribution in [3.8, 4) is 0 Å². The second kappa shape index (κ2) is 5.84. The van der Waals surface area contributed by atoms with Gasteiger partial charge in [0.05, 0.1) is 12.7 Å². The monoisotopic (exact) mass is 229 g/mol. The van der Waals surface area contributed by atoms with E-state index in [1.807, 2.05) is 6.92 Å². The van der Waals surface area contributed by atoms with E-state index in [9.17, 15) is 9.59 Å². The van der Waals surface area contributed by atoms with E-state index in [1.54, 1.807) is 14.0 Å². The predicted octanol–water partition coefficient (Wildman–Crippen LogP) is 0.575. The minimum absolute atomic E-state index is 0.0130. The van der Waals surface area contributed by atoms with Crippen molar-refractivity contribution in [3.63, 3.8) is 0 Å². The van der Waals surface area contributed by atoms with Crippen LogP contribution in [0.5, 0.6) is 0 Å². The van der Waals surface area contributed by atoms with Crippen molar-refractivity contribution < 1.29 is 19.1 Å². The zero-order valence-corrected chi connectivity index (χ0v) is 10.1. The molecule has 0 aliphatic carbocycles. The van der Waals surface area contributed by atoms with Gasteiger partial charge in [-0.25, -0.2) is 0 Å². The van der Waals surface area contributed by atoms with Crippen LogP contribution in [0, 0.1) is 0 Å². The number of esters is 1. The molecule has 1 fully saturated rings. The van der Waals surface area contributed by atoms with E-state index in [2.05, 4.69) is 0 Å². The van der Waals surface area contributed by atoms with Crippen molar-refractivity contribution >= 4 is 11.9 Å². The Hall–Kier alpha value is -1.10. The molecule has 2 atom stereocenters. The molecule has 0 saturated carbocycles. The van der Waals surface area contributed by atoms with E-state index >= 15 is 0 Å². The number of carbonyl (C=O) groups excluding carboxylic acids is 2. The zero-order valence-electron chi connectivity index (χ0n) is 10.1. The summed E-state index contributed by atoms with van der Waals surface area (Å²) in [7, 11) is 1.59. The van der Waals surface area contributed by atoms with Gasteiger partial charge in [0.15, 0.2) is 0 Å². The lowest BCUT2D eigenvalue weighted by Crippen LogP contribution is -2.39. The van der Waals surface area contributed by atoms with Gasteiger partial charge in [0.1, 0.15) is 12.6 Å². The van der Waals surface area contributed by atoms with Crippen LogP contribution in [-0.2, 0) is 19.1 Å². The van der Waals surface area contributed by atoms with Crippen LogP contribution in [0.15, 0.2) is 0 Å². The highest BCUT2D eigenvalue weighted by atomic mass is 16.5. The van der Waals surface area contributed by atoms with Gasteiger partial charge in [0.2, 0.25) is 0 Å². The van der Waals surface area contributed by atoms with Crippen LogP contribution in [0.1, 0.15) is 26.7 Å². The van der Waals surface area contributed by atoms with E-state index in [-0.39, 0.29) is 24.5 Å². The van der Waals surface area contributed by atoms with Gasteiger partial charge in [-0.05, 0) is 26.7 Å². The van der Waals surface area contributed by atoms with E-state index in [0.717, 1.165) is 12.8 Å². The molecule has 2 unspecified atom stereocenters. The first kappa shape index (κ1) is 13.0. The molecule has 0 aromatic carbocycles. The Morgan fingerprint density at radius 1 is 1.44 bits per heavy atom. The molecule has 0 aromatic heterocycles. The van der Waals surface area contributed by atoms with Gasteiger partial charge < -0.3 is 14.4 Å². The highest BCUT2D eigenvalue weighted by molar-refractivity contribution is 5.85. The number of amides is 1. The molecule has 1 rings (SSSR count). The van der Waals surface area contributed by atoms with Crippen molar-refractivity contribution in [2.75, 3.05) is 20.2 Å². The van der Waals surface area contributed by atoms with Gasteiger partial charge in [-0.2, -0.15) is 0 Å². The fraction of sp³-hybridized carbons (Fsp3) is 0.818. The van der Waals surface area contributed by atoms with Gasteiger partial charge in [-0.3, -0.25) is 9.59 Å². The third kappa shape index (κ3) is 3.48. The smallest absolute Gasteiger partial charge is 0.325 e. The molecule has 0 spiro atoms. The summed E-state index contributed by atoms with van der Waals surface area (Å²) in [5, 5.41) is 0. The normalized spacial score (nSPS) is 24.2. The molecule has 0 aromatic rings. The average molecular weight is 229 g/mol. The standard InChI is InChI=1S/C11H19NO4/c1-4-15-10(13)7-12(3)11(14)9-6-5-8(2)16-9/h8-9H,4-7H2,1-3H3. The van der Waals surface area contributed by atoms with Crippen LogP contribution >= 0.6 is 0 Å². The van der Waals surface area contributed by atoms with Gasteiger partial charge in [0.25, 0.3) is 5.91 Å². The first-order valence-electron chi connectivity index (χ1n) is 5.60. The summed E-state index contributed by atoms with van der Waals surface area (Å²) in [6, 6.07) is 0. The summed E-state index contributed by atoms with van der Waals surface area (Å²) in [5.41, 5.74) is 0.